The minimum Gasteiger partial charge on any atom is -0.450 e. The molecule has 3 aliphatic carbocycles. The van der Waals surface area contributed by atoms with Gasteiger partial charge in [-0.25, -0.2) is 0 Å². The van der Waals surface area contributed by atoms with Crippen molar-refractivity contribution < 1.29 is 14.3 Å². The first kappa shape index (κ1) is 10.1. The number of carbonyl (C=O) groups is 2. The zero-order chi connectivity index (χ0) is 11.3. The minimum atomic E-state index is -1.02. The highest BCUT2D eigenvalue weighted by molar-refractivity contribution is 5.99. The average molecular weight is 206 g/mol. The van der Waals surface area contributed by atoms with Crippen LogP contribution in [-0.4, -0.2) is 17.4 Å². The summed E-state index contributed by atoms with van der Waals surface area (Å²) in [6, 6.07) is 0. The van der Waals surface area contributed by atoms with Gasteiger partial charge in [0, 0.05) is 12.8 Å². The van der Waals surface area contributed by atoms with E-state index in [1.807, 2.05) is 31.2 Å². The number of hydrogen-bond donors (Lipinski definition) is 0. The SMILES string of the molecule is CC(=O)OC1(C)C(=O)C2(C)C=CC1C=C2. The molecule has 0 amide bonds. The molecule has 3 rings (SSSR count). The van der Waals surface area contributed by atoms with Gasteiger partial charge in [-0.1, -0.05) is 24.3 Å². The third kappa shape index (κ3) is 1.26. The molecule has 1 atom stereocenters. The smallest absolute Gasteiger partial charge is 0.303 e. The predicted molar refractivity (Wildman–Crippen MR) is 55.1 cm³/mol. The highest BCUT2D eigenvalue weighted by Gasteiger charge is 2.54. The number of fused-ring (bicyclic) bond motifs is 1. The zero-order valence-corrected chi connectivity index (χ0v) is 9.11. The van der Waals surface area contributed by atoms with Gasteiger partial charge in [0.1, 0.15) is 0 Å². The molecule has 0 N–H and O–H groups in total. The standard InChI is InChI=1S/C12H14O3/c1-8(13)15-12(3)9-4-6-11(2,7-5-9)10(12)14/h4-7,9H,1-3H3. The molecule has 80 valence electrons. The highest BCUT2D eigenvalue weighted by Crippen LogP contribution is 2.44. The second-order valence-electron chi connectivity index (χ2n) is 4.56. The fraction of sp³-hybridized carbons (Fsp3) is 0.500. The monoisotopic (exact) mass is 206 g/mol. The van der Waals surface area contributed by atoms with Crippen molar-refractivity contribution in [3.05, 3.63) is 24.3 Å². The maximum absolute atomic E-state index is 12.2. The van der Waals surface area contributed by atoms with Gasteiger partial charge in [-0.2, -0.15) is 0 Å². The van der Waals surface area contributed by atoms with Crippen LogP contribution in [0.1, 0.15) is 20.8 Å². The van der Waals surface area contributed by atoms with E-state index in [1.165, 1.54) is 6.92 Å². The van der Waals surface area contributed by atoms with E-state index >= 15 is 0 Å². The summed E-state index contributed by atoms with van der Waals surface area (Å²) in [7, 11) is 0. The van der Waals surface area contributed by atoms with Crippen LogP contribution in [0.5, 0.6) is 0 Å². The second kappa shape index (κ2) is 2.81. The van der Waals surface area contributed by atoms with Crippen molar-refractivity contribution in [3.63, 3.8) is 0 Å². The molecule has 0 aromatic rings. The van der Waals surface area contributed by atoms with Crippen molar-refractivity contribution >= 4 is 11.8 Å². The van der Waals surface area contributed by atoms with Crippen molar-refractivity contribution in [2.45, 2.75) is 26.4 Å². The van der Waals surface area contributed by atoms with Crippen molar-refractivity contribution in [3.8, 4) is 0 Å². The van der Waals surface area contributed by atoms with Crippen LogP contribution in [0.2, 0.25) is 0 Å². The molecule has 3 heteroatoms. The quantitative estimate of drug-likeness (QED) is 0.484. The summed E-state index contributed by atoms with van der Waals surface area (Å²) >= 11 is 0. The van der Waals surface area contributed by atoms with Crippen LogP contribution >= 0.6 is 0 Å². The summed E-state index contributed by atoms with van der Waals surface area (Å²) < 4.78 is 5.20. The largest absolute Gasteiger partial charge is 0.450 e. The third-order valence-corrected chi connectivity index (χ3v) is 3.23. The number of esters is 1. The van der Waals surface area contributed by atoms with E-state index in [1.54, 1.807) is 6.92 Å². The molecule has 0 heterocycles. The lowest BCUT2D eigenvalue weighted by Gasteiger charge is -2.44. The van der Waals surface area contributed by atoms with Gasteiger partial charge in [0.25, 0.3) is 0 Å². The van der Waals surface area contributed by atoms with Crippen LogP contribution in [0.3, 0.4) is 0 Å². The number of ether oxygens (including phenoxy) is 1. The predicted octanol–water partition coefficient (Wildman–Crippen LogP) is 1.64. The number of Topliss-reactive ketones (excluding diaryl/α,β-unsaturated/α-hetero) is 1. The first-order valence-corrected chi connectivity index (χ1v) is 5.02. The molecule has 0 spiro atoms. The first-order chi connectivity index (χ1) is 6.88. The summed E-state index contributed by atoms with van der Waals surface area (Å²) in [4.78, 5) is 23.2. The van der Waals surface area contributed by atoms with Gasteiger partial charge in [-0.15, -0.1) is 0 Å². The van der Waals surface area contributed by atoms with Gasteiger partial charge in [0.2, 0.25) is 0 Å². The molecule has 0 aliphatic heterocycles. The molecular weight excluding hydrogens is 192 g/mol. The Morgan fingerprint density at radius 1 is 1.33 bits per heavy atom. The van der Waals surface area contributed by atoms with E-state index in [-0.39, 0.29) is 11.7 Å². The van der Waals surface area contributed by atoms with E-state index in [9.17, 15) is 9.59 Å². The molecular formula is C12H14O3. The Morgan fingerprint density at radius 2 is 1.87 bits per heavy atom. The lowest BCUT2D eigenvalue weighted by Crippen LogP contribution is -2.55. The van der Waals surface area contributed by atoms with E-state index in [4.69, 9.17) is 4.74 Å². The number of carbonyl (C=O) groups excluding carboxylic acids is 2. The average Bonchev–Trinajstić information content (AvgIpc) is 2.14. The minimum absolute atomic E-state index is 0.0415. The maximum Gasteiger partial charge on any atom is 0.303 e. The van der Waals surface area contributed by atoms with Gasteiger partial charge < -0.3 is 4.74 Å². The zero-order valence-electron chi connectivity index (χ0n) is 9.11. The summed E-state index contributed by atoms with van der Waals surface area (Å²) in [5.74, 6) is -0.584. The van der Waals surface area contributed by atoms with Crippen LogP contribution in [0.15, 0.2) is 24.3 Å². The molecule has 15 heavy (non-hydrogen) atoms. The first-order valence-electron chi connectivity index (χ1n) is 5.02. The summed E-state index contributed by atoms with van der Waals surface area (Å²) in [5, 5.41) is 0. The Morgan fingerprint density at radius 3 is 2.33 bits per heavy atom. The molecule has 1 unspecified atom stereocenters. The van der Waals surface area contributed by atoms with Crippen molar-refractivity contribution in [2.75, 3.05) is 0 Å². The van der Waals surface area contributed by atoms with Crippen molar-refractivity contribution in [1.29, 1.82) is 0 Å². The van der Waals surface area contributed by atoms with E-state index < -0.39 is 17.0 Å². The number of rotatable bonds is 1. The Balaban J connectivity index is 2.44. The molecule has 0 radical (unpaired) electrons. The van der Waals surface area contributed by atoms with Gasteiger partial charge in [0.05, 0.1) is 5.41 Å². The molecule has 3 aliphatic rings. The van der Waals surface area contributed by atoms with Gasteiger partial charge >= 0.3 is 5.97 Å². The normalized spacial score (nSPS) is 42.1. The van der Waals surface area contributed by atoms with E-state index in [0.717, 1.165) is 0 Å². The molecule has 0 fully saturated rings. The molecule has 0 saturated carbocycles. The molecule has 0 aromatic heterocycles. The maximum atomic E-state index is 12.2. The fourth-order valence-corrected chi connectivity index (χ4v) is 2.34. The van der Waals surface area contributed by atoms with Crippen LogP contribution in [-0.2, 0) is 14.3 Å². The Kier molecular flexibility index (Phi) is 1.90. The Labute approximate surface area is 88.8 Å². The van der Waals surface area contributed by atoms with Crippen molar-refractivity contribution in [1.82, 2.24) is 0 Å². The van der Waals surface area contributed by atoms with E-state index in [2.05, 4.69) is 0 Å². The molecule has 0 aromatic carbocycles. The number of allylic oxidation sites excluding steroid dienone is 2. The lowest BCUT2D eigenvalue weighted by atomic mass is 9.63. The Bertz CT molecular complexity index is 378. The third-order valence-electron chi connectivity index (χ3n) is 3.23. The highest BCUT2D eigenvalue weighted by atomic mass is 16.6. The number of ketones is 1. The van der Waals surface area contributed by atoms with Gasteiger partial charge in [-0.3, -0.25) is 9.59 Å². The van der Waals surface area contributed by atoms with Crippen LogP contribution in [0.4, 0.5) is 0 Å². The topological polar surface area (TPSA) is 43.4 Å². The molecule has 3 nitrogen and oxygen atoms in total. The van der Waals surface area contributed by atoms with Crippen LogP contribution in [0.25, 0.3) is 0 Å². The van der Waals surface area contributed by atoms with Crippen molar-refractivity contribution in [2.24, 2.45) is 11.3 Å². The van der Waals surface area contributed by atoms with Gasteiger partial charge in [-0.05, 0) is 13.8 Å². The Hall–Kier alpha value is -1.38. The van der Waals surface area contributed by atoms with E-state index in [0.29, 0.717) is 0 Å². The second-order valence-corrected chi connectivity index (χ2v) is 4.56. The lowest BCUT2D eigenvalue weighted by molar-refractivity contribution is -0.171. The molecule has 2 bridgehead atoms. The van der Waals surface area contributed by atoms with Crippen LogP contribution in [0, 0.1) is 11.3 Å². The molecule has 0 saturated heterocycles. The summed E-state index contributed by atoms with van der Waals surface area (Å²) in [6.45, 7) is 4.85. The summed E-state index contributed by atoms with van der Waals surface area (Å²) in [5.41, 5.74) is -1.64. The summed E-state index contributed by atoms with van der Waals surface area (Å²) in [6.07, 6.45) is 7.63. The van der Waals surface area contributed by atoms with Gasteiger partial charge in [0.15, 0.2) is 11.4 Å². The van der Waals surface area contributed by atoms with Crippen LogP contribution < -0.4 is 0 Å². The fourth-order valence-electron chi connectivity index (χ4n) is 2.34. The number of hydrogen-bond acceptors (Lipinski definition) is 3.